The predicted molar refractivity (Wildman–Crippen MR) is 204 cm³/mol. The average molecular weight is 741 g/mol. The number of alkyl halides is 1. The fourth-order valence-electron chi connectivity index (χ4n) is 5.26. The van der Waals surface area contributed by atoms with Gasteiger partial charge < -0.3 is 20.1 Å². The quantitative estimate of drug-likeness (QED) is 0.0550. The molecular formula is C39H54FN4O7P. The van der Waals surface area contributed by atoms with E-state index in [9.17, 15) is 19.3 Å². The largest absolute Gasteiger partial charge is 0.458 e. The van der Waals surface area contributed by atoms with Crippen LogP contribution < -0.4 is 21.0 Å². The first kappa shape index (κ1) is 42.5. The van der Waals surface area contributed by atoms with E-state index < -0.39 is 44.1 Å². The molecule has 3 rings (SSSR count). The molecule has 0 saturated carbocycles. The maximum Gasteiger partial charge on any atom is 0.458 e. The Labute approximate surface area is 306 Å². The molecular weight excluding hydrogens is 686 g/mol. The fraction of sp³-hybridized carbons (Fsp3) is 0.462. The molecule has 0 radical (unpaired) electrons. The summed E-state index contributed by atoms with van der Waals surface area (Å²) in [4.78, 5) is 28.4. The van der Waals surface area contributed by atoms with Gasteiger partial charge in [0, 0.05) is 25.6 Å². The number of aliphatic hydroxyl groups is 1. The van der Waals surface area contributed by atoms with Gasteiger partial charge in [0.1, 0.15) is 29.6 Å². The number of unbranched alkanes of at least 4 members (excludes halogenated alkanes) is 1. The van der Waals surface area contributed by atoms with Crippen molar-refractivity contribution in [2.75, 3.05) is 18.9 Å². The minimum absolute atomic E-state index is 0.0478. The van der Waals surface area contributed by atoms with Crippen molar-refractivity contribution in [3.8, 4) is 5.75 Å². The lowest BCUT2D eigenvalue weighted by Crippen LogP contribution is -2.43. The van der Waals surface area contributed by atoms with E-state index in [2.05, 4.69) is 77.8 Å². The number of benzene rings is 1. The van der Waals surface area contributed by atoms with Gasteiger partial charge in [-0.05, 0) is 76.5 Å². The number of rotatable bonds is 24. The molecule has 0 spiro atoms. The van der Waals surface area contributed by atoms with Crippen molar-refractivity contribution in [2.45, 2.75) is 102 Å². The summed E-state index contributed by atoms with van der Waals surface area (Å²) >= 11 is 0. The molecule has 1 unspecified atom stereocenters. The van der Waals surface area contributed by atoms with E-state index >= 15 is 4.39 Å². The number of carbonyl (C=O) groups is 1. The third-order valence-electron chi connectivity index (χ3n) is 8.12. The number of ether oxygens (including phenoxy) is 1. The highest BCUT2D eigenvalue weighted by Gasteiger charge is 2.55. The summed E-state index contributed by atoms with van der Waals surface area (Å²) in [6, 6.07) is 9.64. The van der Waals surface area contributed by atoms with Crippen LogP contribution in [0.4, 0.5) is 10.2 Å². The zero-order valence-electron chi connectivity index (χ0n) is 30.2. The van der Waals surface area contributed by atoms with E-state index in [1.54, 1.807) is 30.3 Å². The standard InChI is InChI=1S/C39H54FN4O7P/c1-3-4-5-6-7-8-9-10-11-12-13-14-15-16-17-18-20-24-32(45)25-23-29-42-52(48,51-33-26-21-19-22-27-33)49-31-34-36(46)39(2,40)37(50-34)44-30-28-35(41)43-38(44)47/h4-5,7-8,10-11,13-14,16-17,19,21-22,26-28,30,34,36-37,46H,3,6,9,12,15,18,20,23-25,29,31H2,1-2H3,(H,42,48)(H2,41,43,47)/b5-4-,8-7-,11-10-,14-13-,17-16-/t34-,36-,37-,39-,52?/m1/s1. The van der Waals surface area contributed by atoms with Crippen LogP contribution in [0.5, 0.6) is 5.75 Å². The first-order valence-electron chi connectivity index (χ1n) is 17.9. The number of allylic oxidation sites excluding steroid dienone is 10. The molecule has 2 aromatic rings. The smallest absolute Gasteiger partial charge is 0.413 e. The Morgan fingerprint density at radius 2 is 1.60 bits per heavy atom. The van der Waals surface area contributed by atoms with Crippen LogP contribution in [0.2, 0.25) is 0 Å². The summed E-state index contributed by atoms with van der Waals surface area (Å²) in [7, 11) is -4.08. The van der Waals surface area contributed by atoms with Crippen LogP contribution in [0.3, 0.4) is 0 Å². The maximum atomic E-state index is 15.6. The van der Waals surface area contributed by atoms with Crippen molar-refractivity contribution in [3.63, 3.8) is 0 Å². The molecule has 284 valence electrons. The lowest BCUT2D eigenvalue weighted by atomic mass is 9.98. The molecule has 1 aliphatic rings. The topological polar surface area (TPSA) is 155 Å². The van der Waals surface area contributed by atoms with Gasteiger partial charge in [-0.1, -0.05) is 85.9 Å². The number of anilines is 1. The summed E-state index contributed by atoms with van der Waals surface area (Å²) < 4.78 is 47.3. The van der Waals surface area contributed by atoms with Crippen LogP contribution in [-0.2, 0) is 18.6 Å². The summed E-state index contributed by atoms with van der Waals surface area (Å²) in [5.74, 6) is 0.301. The molecule has 1 saturated heterocycles. The number of nitrogens with one attached hydrogen (secondary N) is 1. The monoisotopic (exact) mass is 740 g/mol. The minimum atomic E-state index is -4.08. The van der Waals surface area contributed by atoms with Crippen LogP contribution in [0.15, 0.2) is 108 Å². The number of carbonyl (C=O) groups excluding carboxylic acids is 1. The Kier molecular flexibility index (Phi) is 18.7. The van der Waals surface area contributed by atoms with E-state index in [1.807, 2.05) is 0 Å². The van der Waals surface area contributed by atoms with Crippen molar-refractivity contribution >= 4 is 19.3 Å². The van der Waals surface area contributed by atoms with E-state index in [0.717, 1.165) is 56.4 Å². The fourth-order valence-corrected chi connectivity index (χ4v) is 6.65. The predicted octanol–water partition coefficient (Wildman–Crippen LogP) is 7.88. The number of aliphatic hydroxyl groups excluding tert-OH is 1. The molecule has 1 aromatic heterocycles. The second-order valence-electron chi connectivity index (χ2n) is 12.5. The van der Waals surface area contributed by atoms with Gasteiger partial charge in [-0.2, -0.15) is 4.98 Å². The van der Waals surface area contributed by atoms with Crippen LogP contribution in [0.1, 0.15) is 84.3 Å². The second kappa shape index (κ2) is 22.9. The number of nitrogen functional groups attached to an aromatic ring is 1. The van der Waals surface area contributed by atoms with Gasteiger partial charge in [-0.25, -0.2) is 18.8 Å². The van der Waals surface area contributed by atoms with Crippen molar-refractivity contribution < 1.29 is 32.6 Å². The number of nitrogens with zero attached hydrogens (tertiary/aromatic N) is 2. The molecule has 1 aromatic carbocycles. The number of aromatic nitrogens is 2. The number of halogens is 1. The molecule has 13 heteroatoms. The average Bonchev–Trinajstić information content (AvgIpc) is 3.34. The highest BCUT2D eigenvalue weighted by atomic mass is 31.2. The highest BCUT2D eigenvalue weighted by Crippen LogP contribution is 2.47. The lowest BCUT2D eigenvalue weighted by molar-refractivity contribution is -0.119. The van der Waals surface area contributed by atoms with Crippen LogP contribution in [-0.4, -0.2) is 51.5 Å². The first-order valence-corrected chi connectivity index (χ1v) is 19.5. The van der Waals surface area contributed by atoms with Gasteiger partial charge in [-0.15, -0.1) is 0 Å². The third kappa shape index (κ3) is 15.0. The Morgan fingerprint density at radius 3 is 2.21 bits per heavy atom. The molecule has 0 bridgehead atoms. The second-order valence-corrected chi connectivity index (χ2v) is 14.3. The maximum absolute atomic E-state index is 15.6. The molecule has 0 aliphatic carbocycles. The van der Waals surface area contributed by atoms with Gasteiger partial charge >= 0.3 is 13.4 Å². The molecule has 0 amide bonds. The number of ketones is 1. The van der Waals surface area contributed by atoms with Crippen molar-refractivity contribution in [1.29, 1.82) is 0 Å². The van der Waals surface area contributed by atoms with Gasteiger partial charge in [0.05, 0.1) is 6.61 Å². The number of Topliss-reactive ketones (excluding diaryl/α,β-unsaturated/α-hetero) is 1. The lowest BCUT2D eigenvalue weighted by Gasteiger charge is -2.25. The van der Waals surface area contributed by atoms with Crippen LogP contribution in [0, 0.1) is 0 Å². The first-order chi connectivity index (χ1) is 25.1. The van der Waals surface area contributed by atoms with E-state index in [-0.39, 0.29) is 30.3 Å². The molecule has 2 heterocycles. The van der Waals surface area contributed by atoms with Gasteiger partial charge in [0.25, 0.3) is 0 Å². The van der Waals surface area contributed by atoms with Gasteiger partial charge in [0.15, 0.2) is 11.9 Å². The van der Waals surface area contributed by atoms with Crippen LogP contribution >= 0.6 is 7.75 Å². The van der Waals surface area contributed by atoms with Gasteiger partial charge in [-0.3, -0.25) is 13.9 Å². The molecule has 4 N–H and O–H groups in total. The highest BCUT2D eigenvalue weighted by molar-refractivity contribution is 7.52. The van der Waals surface area contributed by atoms with E-state index in [1.165, 1.54) is 12.3 Å². The number of nitrogens with two attached hydrogens (primary N) is 1. The van der Waals surface area contributed by atoms with Crippen molar-refractivity contribution in [1.82, 2.24) is 14.6 Å². The van der Waals surface area contributed by atoms with Gasteiger partial charge in [0.2, 0.25) is 0 Å². The summed E-state index contributed by atoms with van der Waals surface area (Å²) in [5, 5.41) is 13.5. The summed E-state index contributed by atoms with van der Waals surface area (Å²) in [6.07, 6.45) is 25.6. The zero-order chi connectivity index (χ0) is 37.7. The van der Waals surface area contributed by atoms with Crippen LogP contribution in [0.25, 0.3) is 0 Å². The number of para-hydroxylation sites is 1. The Balaban J connectivity index is 1.38. The molecule has 5 atom stereocenters. The Bertz CT molecular complexity index is 1620. The van der Waals surface area contributed by atoms with E-state index in [4.69, 9.17) is 19.5 Å². The van der Waals surface area contributed by atoms with Crippen molar-refractivity contribution in [2.24, 2.45) is 0 Å². The number of hydrogen-bond acceptors (Lipinski definition) is 9. The minimum Gasteiger partial charge on any atom is -0.413 e. The molecule has 52 heavy (non-hydrogen) atoms. The molecule has 1 fully saturated rings. The Morgan fingerprint density at radius 1 is 1.00 bits per heavy atom. The molecule has 11 nitrogen and oxygen atoms in total. The third-order valence-corrected chi connectivity index (χ3v) is 9.67. The summed E-state index contributed by atoms with van der Waals surface area (Å²) in [6.45, 7) is 2.82. The number of hydrogen-bond donors (Lipinski definition) is 3. The summed E-state index contributed by atoms with van der Waals surface area (Å²) in [5.41, 5.74) is 2.27. The molecule has 1 aliphatic heterocycles. The van der Waals surface area contributed by atoms with E-state index in [0.29, 0.717) is 12.8 Å². The van der Waals surface area contributed by atoms with Crippen molar-refractivity contribution in [3.05, 3.63) is 114 Å². The zero-order valence-corrected chi connectivity index (χ0v) is 31.1. The SMILES string of the molecule is CC/C=C\C/C=C\C/C=C\C/C=C\C/C=C\CCCC(=O)CCCNP(=O)(OC[C@H]1O[C@@H](n2ccc(N)nc2=O)[C@](C)(F)[C@@H]1O)Oc1ccccc1. The normalized spacial score (nSPS) is 22.0. The Hall–Kier alpha value is -3.93.